The van der Waals surface area contributed by atoms with Crippen molar-refractivity contribution < 1.29 is 9.90 Å². The van der Waals surface area contributed by atoms with Gasteiger partial charge in [0, 0.05) is 15.7 Å². The van der Waals surface area contributed by atoms with E-state index in [0.717, 1.165) is 10.0 Å². The summed E-state index contributed by atoms with van der Waals surface area (Å²) in [4.78, 5) is 12.0. The Hall–Kier alpha value is -1.65. The summed E-state index contributed by atoms with van der Waals surface area (Å²) in [6.45, 7) is 1.69. The average Bonchev–Trinajstić information content (AvgIpc) is 2.39. The predicted octanol–water partition coefficient (Wildman–Crippen LogP) is 3.75. The van der Waals surface area contributed by atoms with Crippen molar-refractivity contribution in [1.82, 2.24) is 0 Å². The quantitative estimate of drug-likeness (QED) is 0.905. The summed E-state index contributed by atoms with van der Waals surface area (Å²) in [5, 5.41) is 12.3. The van der Waals surface area contributed by atoms with E-state index in [9.17, 15) is 9.90 Å². The van der Waals surface area contributed by atoms with Gasteiger partial charge in [-0.1, -0.05) is 28.1 Å². The lowest BCUT2D eigenvalue weighted by atomic mass is 10.1. The Kier molecular flexibility index (Phi) is 4.35. The first kappa shape index (κ1) is 13.8. The number of hydrogen-bond donors (Lipinski definition) is 2. The van der Waals surface area contributed by atoms with E-state index in [1.54, 1.807) is 37.3 Å². The van der Waals surface area contributed by atoms with Crippen molar-refractivity contribution in [2.75, 3.05) is 5.32 Å². The summed E-state index contributed by atoms with van der Waals surface area (Å²) in [5.41, 5.74) is 2.03. The van der Waals surface area contributed by atoms with E-state index in [2.05, 4.69) is 21.2 Å². The van der Waals surface area contributed by atoms with Crippen molar-refractivity contribution in [2.45, 2.75) is 13.0 Å². The van der Waals surface area contributed by atoms with Gasteiger partial charge in [-0.2, -0.15) is 0 Å². The maximum absolute atomic E-state index is 12.0. The average molecular weight is 320 g/mol. The molecule has 2 aromatic rings. The van der Waals surface area contributed by atoms with Crippen LogP contribution in [0.1, 0.15) is 28.9 Å². The van der Waals surface area contributed by atoms with Crippen molar-refractivity contribution in [2.24, 2.45) is 0 Å². The van der Waals surface area contributed by atoms with E-state index in [0.29, 0.717) is 11.3 Å². The molecule has 19 heavy (non-hydrogen) atoms. The zero-order valence-electron chi connectivity index (χ0n) is 10.4. The number of anilines is 1. The van der Waals surface area contributed by atoms with Crippen molar-refractivity contribution in [1.29, 1.82) is 0 Å². The second kappa shape index (κ2) is 5.99. The number of carbonyl (C=O) groups is 1. The molecule has 2 rings (SSSR count). The van der Waals surface area contributed by atoms with Crippen LogP contribution in [0, 0.1) is 0 Å². The van der Waals surface area contributed by atoms with Crippen molar-refractivity contribution in [3.05, 3.63) is 64.1 Å². The fraction of sp³-hybridized carbons (Fsp3) is 0.133. The lowest BCUT2D eigenvalue weighted by Gasteiger charge is -2.09. The normalized spacial score (nSPS) is 11.9. The second-order valence-electron chi connectivity index (χ2n) is 4.26. The van der Waals surface area contributed by atoms with Crippen LogP contribution >= 0.6 is 15.9 Å². The molecule has 0 unspecified atom stereocenters. The van der Waals surface area contributed by atoms with Crippen LogP contribution < -0.4 is 5.32 Å². The van der Waals surface area contributed by atoms with E-state index in [1.807, 2.05) is 18.2 Å². The lowest BCUT2D eigenvalue weighted by molar-refractivity contribution is 0.102. The Balaban J connectivity index is 2.14. The van der Waals surface area contributed by atoms with Gasteiger partial charge in [0.15, 0.2) is 0 Å². The number of nitrogens with one attached hydrogen (secondary N) is 1. The topological polar surface area (TPSA) is 49.3 Å². The standard InChI is InChI=1S/C15H14BrNO2/c1-10(18)12-3-2-4-14(9-12)17-15(19)11-5-7-13(16)8-6-11/h2-10,18H,1H3,(H,17,19)/t10-/m0/s1. The molecular formula is C15H14BrNO2. The number of amides is 1. The largest absolute Gasteiger partial charge is 0.389 e. The monoisotopic (exact) mass is 319 g/mol. The molecule has 0 fully saturated rings. The van der Waals surface area contributed by atoms with Gasteiger partial charge >= 0.3 is 0 Å². The zero-order valence-corrected chi connectivity index (χ0v) is 12.0. The van der Waals surface area contributed by atoms with Crippen LogP contribution in [0.5, 0.6) is 0 Å². The maximum atomic E-state index is 12.0. The van der Waals surface area contributed by atoms with Crippen molar-refractivity contribution in [3.8, 4) is 0 Å². The minimum absolute atomic E-state index is 0.171. The van der Waals surface area contributed by atoms with Gasteiger partial charge < -0.3 is 10.4 Å². The maximum Gasteiger partial charge on any atom is 0.255 e. The third kappa shape index (κ3) is 3.66. The van der Waals surface area contributed by atoms with Gasteiger partial charge in [0.2, 0.25) is 0 Å². The van der Waals surface area contributed by atoms with E-state index < -0.39 is 6.10 Å². The summed E-state index contributed by atoms with van der Waals surface area (Å²) in [7, 11) is 0. The molecule has 2 N–H and O–H groups in total. The first-order valence-electron chi connectivity index (χ1n) is 5.91. The predicted molar refractivity (Wildman–Crippen MR) is 79.2 cm³/mol. The highest BCUT2D eigenvalue weighted by Gasteiger charge is 2.07. The van der Waals surface area contributed by atoms with Crippen LogP contribution in [-0.2, 0) is 0 Å². The van der Waals surface area contributed by atoms with Gasteiger partial charge in [-0.15, -0.1) is 0 Å². The molecule has 4 heteroatoms. The minimum Gasteiger partial charge on any atom is -0.389 e. The molecule has 0 bridgehead atoms. The van der Waals surface area contributed by atoms with Crippen LogP contribution in [0.25, 0.3) is 0 Å². The van der Waals surface area contributed by atoms with Crippen LogP contribution in [0.4, 0.5) is 5.69 Å². The number of carbonyl (C=O) groups excluding carboxylic acids is 1. The molecule has 0 saturated carbocycles. The van der Waals surface area contributed by atoms with E-state index >= 15 is 0 Å². The summed E-state index contributed by atoms with van der Waals surface area (Å²) in [6, 6.07) is 14.3. The van der Waals surface area contributed by atoms with Crippen molar-refractivity contribution in [3.63, 3.8) is 0 Å². The summed E-state index contributed by atoms with van der Waals surface area (Å²) < 4.78 is 0.931. The van der Waals surface area contributed by atoms with Crippen LogP contribution in [0.3, 0.4) is 0 Å². The number of hydrogen-bond acceptors (Lipinski definition) is 2. The molecule has 2 aromatic carbocycles. The Bertz CT molecular complexity index is 579. The highest BCUT2D eigenvalue weighted by molar-refractivity contribution is 9.10. The Labute approximate surface area is 120 Å². The van der Waals surface area contributed by atoms with Crippen molar-refractivity contribution >= 4 is 27.5 Å². The number of benzene rings is 2. The van der Waals surface area contributed by atoms with Crippen LogP contribution in [-0.4, -0.2) is 11.0 Å². The first-order valence-corrected chi connectivity index (χ1v) is 6.70. The summed E-state index contributed by atoms with van der Waals surface area (Å²) in [5.74, 6) is -0.171. The van der Waals surface area contributed by atoms with Gasteiger partial charge in [0.05, 0.1) is 6.10 Å². The molecule has 0 spiro atoms. The molecule has 1 amide bonds. The fourth-order valence-corrected chi connectivity index (χ4v) is 1.95. The van der Waals surface area contributed by atoms with Gasteiger partial charge in [0.25, 0.3) is 5.91 Å². The number of aliphatic hydroxyl groups excluding tert-OH is 1. The number of rotatable bonds is 3. The minimum atomic E-state index is -0.551. The molecule has 1 atom stereocenters. The summed E-state index contributed by atoms with van der Waals surface area (Å²) in [6.07, 6.45) is -0.551. The smallest absolute Gasteiger partial charge is 0.255 e. The third-order valence-electron chi connectivity index (χ3n) is 2.73. The Morgan fingerprint density at radius 3 is 2.53 bits per heavy atom. The van der Waals surface area contributed by atoms with Gasteiger partial charge in [-0.25, -0.2) is 0 Å². The molecule has 0 saturated heterocycles. The van der Waals surface area contributed by atoms with Crippen LogP contribution in [0.15, 0.2) is 53.0 Å². The van der Waals surface area contributed by atoms with Crippen LogP contribution in [0.2, 0.25) is 0 Å². The molecular weight excluding hydrogens is 306 g/mol. The molecule has 0 aliphatic carbocycles. The number of halogens is 1. The zero-order chi connectivity index (χ0) is 13.8. The highest BCUT2D eigenvalue weighted by atomic mass is 79.9. The Morgan fingerprint density at radius 2 is 1.89 bits per heavy atom. The molecule has 0 aromatic heterocycles. The van der Waals surface area contributed by atoms with Gasteiger partial charge in [0.1, 0.15) is 0 Å². The molecule has 0 heterocycles. The molecule has 0 aliphatic heterocycles. The highest BCUT2D eigenvalue weighted by Crippen LogP contribution is 2.18. The third-order valence-corrected chi connectivity index (χ3v) is 3.26. The number of aliphatic hydroxyl groups is 1. The molecule has 3 nitrogen and oxygen atoms in total. The molecule has 0 radical (unpaired) electrons. The Morgan fingerprint density at radius 1 is 1.21 bits per heavy atom. The van der Waals surface area contributed by atoms with E-state index in [1.165, 1.54) is 0 Å². The summed E-state index contributed by atoms with van der Waals surface area (Å²) >= 11 is 3.33. The van der Waals surface area contributed by atoms with E-state index in [4.69, 9.17) is 0 Å². The first-order chi connectivity index (χ1) is 9.06. The SMILES string of the molecule is C[C@H](O)c1cccc(NC(=O)c2ccc(Br)cc2)c1. The second-order valence-corrected chi connectivity index (χ2v) is 5.18. The van der Waals surface area contributed by atoms with Gasteiger partial charge in [-0.3, -0.25) is 4.79 Å². The van der Waals surface area contributed by atoms with Gasteiger partial charge in [-0.05, 0) is 48.9 Å². The fourth-order valence-electron chi connectivity index (χ4n) is 1.68. The molecule has 0 aliphatic rings. The lowest BCUT2D eigenvalue weighted by Crippen LogP contribution is -2.11. The molecule has 98 valence electrons. The van der Waals surface area contributed by atoms with E-state index in [-0.39, 0.29) is 5.91 Å².